The normalized spacial score (nSPS) is 14.8. The minimum atomic E-state index is -0.340. The number of hydrogen-bond donors (Lipinski definition) is 0. The van der Waals surface area contributed by atoms with Gasteiger partial charge in [-0.2, -0.15) is 0 Å². The summed E-state index contributed by atoms with van der Waals surface area (Å²) >= 11 is 0. The van der Waals surface area contributed by atoms with Crippen LogP contribution in [0.15, 0.2) is 49.1 Å². The van der Waals surface area contributed by atoms with E-state index < -0.39 is 0 Å². The fourth-order valence-corrected chi connectivity index (χ4v) is 2.63. The van der Waals surface area contributed by atoms with Gasteiger partial charge in [0.1, 0.15) is 5.78 Å². The zero-order valence-corrected chi connectivity index (χ0v) is 12.6. The molecule has 0 radical (unpaired) electrons. The van der Waals surface area contributed by atoms with Crippen molar-refractivity contribution in [1.82, 2.24) is 9.55 Å². The van der Waals surface area contributed by atoms with Gasteiger partial charge in [0, 0.05) is 23.7 Å². The van der Waals surface area contributed by atoms with E-state index in [-0.39, 0.29) is 23.2 Å². The highest BCUT2D eigenvalue weighted by molar-refractivity contribution is 5.86. The number of carbonyl (C=O) groups excluding carboxylic acids is 1. The lowest BCUT2D eigenvalue weighted by molar-refractivity contribution is -0.130. The summed E-state index contributed by atoms with van der Waals surface area (Å²) in [6.07, 6.45) is 5.46. The third-order valence-corrected chi connectivity index (χ3v) is 3.61. The number of nitrogens with zero attached hydrogens (tertiary/aromatic N) is 2. The van der Waals surface area contributed by atoms with Gasteiger partial charge in [0.15, 0.2) is 0 Å². The summed E-state index contributed by atoms with van der Waals surface area (Å²) in [6, 6.07) is 10.1. The molecule has 0 fully saturated rings. The first-order chi connectivity index (χ1) is 9.41. The van der Waals surface area contributed by atoms with Crippen molar-refractivity contribution in [1.29, 1.82) is 0 Å². The molecule has 0 aliphatic carbocycles. The topological polar surface area (TPSA) is 34.9 Å². The molecule has 0 aliphatic heterocycles. The molecule has 106 valence electrons. The van der Waals surface area contributed by atoms with E-state index in [0.717, 1.165) is 5.56 Å². The highest BCUT2D eigenvalue weighted by Gasteiger charge is 2.33. The first kappa shape index (κ1) is 14.5. The Bertz CT molecular complexity index is 552. The molecule has 0 bridgehead atoms. The molecule has 2 aromatic rings. The highest BCUT2D eigenvalue weighted by atomic mass is 16.1. The Morgan fingerprint density at radius 3 is 2.35 bits per heavy atom. The van der Waals surface area contributed by atoms with Crippen molar-refractivity contribution in [3.8, 4) is 0 Å². The van der Waals surface area contributed by atoms with Crippen LogP contribution >= 0.6 is 0 Å². The predicted octanol–water partition coefficient (Wildman–Crippen LogP) is 3.72. The molecule has 20 heavy (non-hydrogen) atoms. The van der Waals surface area contributed by atoms with Crippen molar-refractivity contribution in [3.63, 3.8) is 0 Å². The Labute approximate surface area is 120 Å². The molecule has 0 N–H and O–H groups in total. The Hall–Kier alpha value is -1.90. The van der Waals surface area contributed by atoms with Gasteiger partial charge in [-0.3, -0.25) is 4.79 Å². The highest BCUT2D eigenvalue weighted by Crippen LogP contribution is 2.32. The molecule has 2 unspecified atom stereocenters. The van der Waals surface area contributed by atoms with Gasteiger partial charge in [-0.25, -0.2) is 4.98 Å². The summed E-state index contributed by atoms with van der Waals surface area (Å²) in [5, 5.41) is 0. The van der Waals surface area contributed by atoms with Gasteiger partial charge in [-0.05, 0) is 5.56 Å². The molecular formula is C17H22N2O. The third kappa shape index (κ3) is 2.98. The van der Waals surface area contributed by atoms with E-state index in [9.17, 15) is 4.79 Å². The van der Waals surface area contributed by atoms with Crippen LogP contribution in [0.4, 0.5) is 0 Å². The minimum Gasteiger partial charge on any atom is -0.329 e. The van der Waals surface area contributed by atoms with Gasteiger partial charge < -0.3 is 4.57 Å². The number of aromatic nitrogens is 2. The van der Waals surface area contributed by atoms with Gasteiger partial charge in [0.05, 0.1) is 12.4 Å². The number of Topliss-reactive ketones (excluding diaryl/α,β-unsaturated/α-hetero) is 1. The van der Waals surface area contributed by atoms with Crippen LogP contribution in [0.25, 0.3) is 0 Å². The molecule has 1 aromatic carbocycles. The van der Waals surface area contributed by atoms with Crippen LogP contribution in [-0.2, 0) is 4.79 Å². The van der Waals surface area contributed by atoms with Crippen LogP contribution in [0.3, 0.4) is 0 Å². The second-order valence-electron chi connectivity index (χ2n) is 6.27. The van der Waals surface area contributed by atoms with Crippen molar-refractivity contribution in [2.75, 3.05) is 0 Å². The number of benzene rings is 1. The molecule has 3 heteroatoms. The van der Waals surface area contributed by atoms with E-state index in [0.29, 0.717) is 0 Å². The molecule has 0 saturated heterocycles. The maximum absolute atomic E-state index is 12.6. The summed E-state index contributed by atoms with van der Waals surface area (Å²) in [4.78, 5) is 16.8. The SMILES string of the molecule is CC(C(=O)C(C)(C)C)C(c1ccccc1)n1ccnc1. The van der Waals surface area contributed by atoms with Crippen LogP contribution in [0.1, 0.15) is 39.3 Å². The Morgan fingerprint density at radius 1 is 1.20 bits per heavy atom. The molecule has 2 atom stereocenters. The van der Waals surface area contributed by atoms with Crippen molar-refractivity contribution in [2.45, 2.75) is 33.7 Å². The van der Waals surface area contributed by atoms with Crippen molar-refractivity contribution in [2.24, 2.45) is 11.3 Å². The number of rotatable bonds is 4. The Kier molecular flexibility index (Phi) is 4.07. The van der Waals surface area contributed by atoms with E-state index >= 15 is 0 Å². The quantitative estimate of drug-likeness (QED) is 0.848. The van der Waals surface area contributed by atoms with Crippen LogP contribution in [0, 0.1) is 11.3 Å². The van der Waals surface area contributed by atoms with Gasteiger partial charge in [0.25, 0.3) is 0 Å². The van der Waals surface area contributed by atoms with E-state index in [1.54, 1.807) is 12.5 Å². The van der Waals surface area contributed by atoms with Crippen molar-refractivity contribution >= 4 is 5.78 Å². The minimum absolute atomic E-state index is 0.00887. The first-order valence-electron chi connectivity index (χ1n) is 6.98. The molecule has 2 rings (SSSR count). The lowest BCUT2D eigenvalue weighted by atomic mass is 9.79. The zero-order valence-electron chi connectivity index (χ0n) is 12.6. The molecule has 3 nitrogen and oxygen atoms in total. The lowest BCUT2D eigenvalue weighted by Crippen LogP contribution is -2.33. The van der Waals surface area contributed by atoms with Gasteiger partial charge in [-0.1, -0.05) is 58.0 Å². The van der Waals surface area contributed by atoms with E-state index in [1.807, 2.05) is 56.7 Å². The maximum atomic E-state index is 12.6. The number of carbonyl (C=O) groups is 1. The maximum Gasteiger partial charge on any atom is 0.143 e. The van der Waals surface area contributed by atoms with Gasteiger partial charge >= 0.3 is 0 Å². The molecule has 1 heterocycles. The standard InChI is InChI=1S/C17H22N2O/c1-13(16(20)17(2,3)4)15(19-11-10-18-12-19)14-8-6-5-7-9-14/h5-13,15H,1-4H3. The van der Waals surface area contributed by atoms with E-state index in [1.165, 1.54) is 0 Å². The Morgan fingerprint density at radius 2 is 1.85 bits per heavy atom. The number of hydrogen-bond acceptors (Lipinski definition) is 2. The summed E-state index contributed by atoms with van der Waals surface area (Å²) in [5.74, 6) is 0.159. The number of imidazole rings is 1. The van der Waals surface area contributed by atoms with Crippen LogP contribution < -0.4 is 0 Å². The Balaban J connectivity index is 2.41. The fourth-order valence-electron chi connectivity index (χ4n) is 2.63. The first-order valence-corrected chi connectivity index (χ1v) is 6.98. The van der Waals surface area contributed by atoms with Crippen LogP contribution in [0.2, 0.25) is 0 Å². The molecular weight excluding hydrogens is 248 g/mol. The fraction of sp³-hybridized carbons (Fsp3) is 0.412. The average molecular weight is 270 g/mol. The molecule has 0 spiro atoms. The number of ketones is 1. The van der Waals surface area contributed by atoms with E-state index in [2.05, 4.69) is 17.1 Å². The molecule has 0 aliphatic rings. The second-order valence-corrected chi connectivity index (χ2v) is 6.27. The van der Waals surface area contributed by atoms with Crippen LogP contribution in [-0.4, -0.2) is 15.3 Å². The van der Waals surface area contributed by atoms with Gasteiger partial charge in [-0.15, -0.1) is 0 Å². The summed E-state index contributed by atoms with van der Waals surface area (Å²) < 4.78 is 2.02. The molecule has 0 amide bonds. The summed E-state index contributed by atoms with van der Waals surface area (Å²) in [6.45, 7) is 7.93. The van der Waals surface area contributed by atoms with Crippen LogP contribution in [0.5, 0.6) is 0 Å². The monoisotopic (exact) mass is 270 g/mol. The lowest BCUT2D eigenvalue weighted by Gasteiger charge is -2.29. The van der Waals surface area contributed by atoms with Gasteiger partial charge in [0.2, 0.25) is 0 Å². The average Bonchev–Trinajstić information content (AvgIpc) is 2.92. The molecule has 1 aromatic heterocycles. The third-order valence-electron chi connectivity index (χ3n) is 3.61. The largest absolute Gasteiger partial charge is 0.329 e. The molecule has 0 saturated carbocycles. The van der Waals surface area contributed by atoms with E-state index in [4.69, 9.17) is 0 Å². The van der Waals surface area contributed by atoms with Crippen molar-refractivity contribution in [3.05, 3.63) is 54.6 Å². The smallest absolute Gasteiger partial charge is 0.143 e. The zero-order chi connectivity index (χ0) is 14.8. The predicted molar refractivity (Wildman–Crippen MR) is 80.4 cm³/mol. The summed E-state index contributed by atoms with van der Waals surface area (Å²) in [5.41, 5.74) is 0.795. The van der Waals surface area contributed by atoms with Crippen molar-refractivity contribution < 1.29 is 4.79 Å². The second kappa shape index (κ2) is 5.61. The summed E-state index contributed by atoms with van der Waals surface area (Å²) in [7, 11) is 0.